The van der Waals surface area contributed by atoms with Gasteiger partial charge in [-0.3, -0.25) is 4.98 Å². The van der Waals surface area contributed by atoms with Crippen LogP contribution < -0.4 is 5.32 Å². The van der Waals surface area contributed by atoms with Crippen LogP contribution in [0.15, 0.2) is 29.4 Å². The molecule has 0 aromatic carbocycles. The van der Waals surface area contributed by atoms with Crippen LogP contribution in [0.2, 0.25) is 0 Å². The zero-order valence-electron chi connectivity index (χ0n) is 9.15. The standard InChI is InChI=1S/C12H18N2S/c1-2-14-11-4-3-5-12(11)15-10-6-8-13-9-7-10/h6-9,11-12,14H,2-5H2,1H3. The molecule has 0 spiro atoms. The molecule has 0 aliphatic heterocycles. The number of nitrogens with zero attached hydrogens (tertiary/aromatic N) is 1. The summed E-state index contributed by atoms with van der Waals surface area (Å²) in [4.78, 5) is 5.39. The highest BCUT2D eigenvalue weighted by Crippen LogP contribution is 2.34. The van der Waals surface area contributed by atoms with Crippen LogP contribution in [0.1, 0.15) is 26.2 Å². The summed E-state index contributed by atoms with van der Waals surface area (Å²) in [7, 11) is 0. The highest BCUT2D eigenvalue weighted by molar-refractivity contribution is 8.00. The van der Waals surface area contributed by atoms with E-state index in [1.54, 1.807) is 0 Å². The molecule has 1 aromatic rings. The predicted octanol–water partition coefficient (Wildman–Crippen LogP) is 2.70. The first-order valence-electron chi connectivity index (χ1n) is 5.70. The minimum absolute atomic E-state index is 0.702. The van der Waals surface area contributed by atoms with Crippen LogP contribution in [-0.4, -0.2) is 22.8 Å². The van der Waals surface area contributed by atoms with Crippen molar-refractivity contribution < 1.29 is 0 Å². The first-order valence-corrected chi connectivity index (χ1v) is 6.58. The number of thioether (sulfide) groups is 1. The van der Waals surface area contributed by atoms with Crippen LogP contribution in [-0.2, 0) is 0 Å². The lowest BCUT2D eigenvalue weighted by Crippen LogP contribution is -2.33. The minimum Gasteiger partial charge on any atom is -0.313 e. The van der Waals surface area contributed by atoms with E-state index in [2.05, 4.69) is 29.4 Å². The molecule has 3 heteroatoms. The molecule has 15 heavy (non-hydrogen) atoms. The van der Waals surface area contributed by atoms with Crippen molar-refractivity contribution in [1.82, 2.24) is 10.3 Å². The summed E-state index contributed by atoms with van der Waals surface area (Å²) < 4.78 is 0. The summed E-state index contributed by atoms with van der Waals surface area (Å²) in [6, 6.07) is 4.91. The van der Waals surface area contributed by atoms with Gasteiger partial charge in [0.2, 0.25) is 0 Å². The maximum atomic E-state index is 4.05. The average Bonchev–Trinajstić information content (AvgIpc) is 2.68. The second-order valence-electron chi connectivity index (χ2n) is 3.93. The maximum absolute atomic E-state index is 4.05. The molecule has 1 fully saturated rings. The zero-order chi connectivity index (χ0) is 10.5. The van der Waals surface area contributed by atoms with Gasteiger partial charge in [0.1, 0.15) is 0 Å². The Morgan fingerprint density at radius 1 is 1.40 bits per heavy atom. The molecule has 2 rings (SSSR count). The summed E-state index contributed by atoms with van der Waals surface area (Å²) in [5.74, 6) is 0. The third kappa shape index (κ3) is 2.95. The Morgan fingerprint density at radius 3 is 2.93 bits per heavy atom. The third-order valence-corrected chi connectivity index (χ3v) is 4.27. The molecule has 2 atom stereocenters. The SMILES string of the molecule is CCNC1CCCC1Sc1ccncc1. The van der Waals surface area contributed by atoms with Gasteiger partial charge in [-0.15, -0.1) is 11.8 Å². The number of hydrogen-bond acceptors (Lipinski definition) is 3. The van der Waals surface area contributed by atoms with Gasteiger partial charge in [-0.05, 0) is 31.5 Å². The molecule has 1 N–H and O–H groups in total. The summed E-state index contributed by atoms with van der Waals surface area (Å²) in [6.45, 7) is 3.27. The molecular weight excluding hydrogens is 204 g/mol. The Bertz CT molecular complexity index is 289. The molecule has 1 heterocycles. The second-order valence-corrected chi connectivity index (χ2v) is 5.25. The molecule has 0 radical (unpaired) electrons. The number of aromatic nitrogens is 1. The normalized spacial score (nSPS) is 25.7. The van der Waals surface area contributed by atoms with E-state index in [1.165, 1.54) is 24.2 Å². The average molecular weight is 222 g/mol. The van der Waals surface area contributed by atoms with Gasteiger partial charge in [0, 0.05) is 28.6 Å². The van der Waals surface area contributed by atoms with Crippen molar-refractivity contribution in [3.8, 4) is 0 Å². The maximum Gasteiger partial charge on any atom is 0.0278 e. The van der Waals surface area contributed by atoms with Gasteiger partial charge < -0.3 is 5.32 Å². The monoisotopic (exact) mass is 222 g/mol. The molecule has 82 valence electrons. The van der Waals surface area contributed by atoms with E-state index in [-0.39, 0.29) is 0 Å². The van der Waals surface area contributed by atoms with E-state index in [9.17, 15) is 0 Å². The summed E-state index contributed by atoms with van der Waals surface area (Å²) in [6.07, 6.45) is 7.78. The largest absolute Gasteiger partial charge is 0.313 e. The van der Waals surface area contributed by atoms with Gasteiger partial charge in [0.15, 0.2) is 0 Å². The number of pyridine rings is 1. The number of rotatable bonds is 4. The van der Waals surface area contributed by atoms with Gasteiger partial charge in [0.25, 0.3) is 0 Å². The van der Waals surface area contributed by atoms with Crippen molar-refractivity contribution in [3.05, 3.63) is 24.5 Å². The Kier molecular flexibility index (Phi) is 4.03. The summed E-state index contributed by atoms with van der Waals surface area (Å²) in [5.41, 5.74) is 0. The van der Waals surface area contributed by atoms with E-state index in [0.717, 1.165) is 11.8 Å². The Balaban J connectivity index is 1.93. The summed E-state index contributed by atoms with van der Waals surface area (Å²) >= 11 is 2.00. The van der Waals surface area contributed by atoms with Crippen molar-refractivity contribution in [2.45, 2.75) is 42.4 Å². The van der Waals surface area contributed by atoms with Crippen LogP contribution in [0.4, 0.5) is 0 Å². The van der Waals surface area contributed by atoms with Crippen molar-refractivity contribution in [2.75, 3.05) is 6.54 Å². The quantitative estimate of drug-likeness (QED) is 0.848. The number of nitrogens with one attached hydrogen (secondary N) is 1. The molecular formula is C12H18N2S. The molecule has 1 aliphatic carbocycles. The second kappa shape index (κ2) is 5.52. The fourth-order valence-corrected chi connectivity index (χ4v) is 3.46. The molecule has 2 nitrogen and oxygen atoms in total. The number of hydrogen-bond donors (Lipinski definition) is 1. The van der Waals surface area contributed by atoms with E-state index in [4.69, 9.17) is 0 Å². The molecule has 0 amide bonds. The van der Waals surface area contributed by atoms with E-state index < -0.39 is 0 Å². The highest BCUT2D eigenvalue weighted by atomic mass is 32.2. The highest BCUT2D eigenvalue weighted by Gasteiger charge is 2.26. The van der Waals surface area contributed by atoms with Crippen LogP contribution >= 0.6 is 11.8 Å². The fraction of sp³-hybridized carbons (Fsp3) is 0.583. The zero-order valence-corrected chi connectivity index (χ0v) is 9.96. The van der Waals surface area contributed by atoms with Gasteiger partial charge in [-0.1, -0.05) is 13.3 Å². The van der Waals surface area contributed by atoms with Crippen LogP contribution in [0.5, 0.6) is 0 Å². The van der Waals surface area contributed by atoms with Crippen molar-refractivity contribution in [2.24, 2.45) is 0 Å². The molecule has 1 aliphatic rings. The predicted molar refractivity (Wildman–Crippen MR) is 65.2 cm³/mol. The minimum atomic E-state index is 0.702. The molecule has 0 bridgehead atoms. The van der Waals surface area contributed by atoms with Crippen molar-refractivity contribution >= 4 is 11.8 Å². The Morgan fingerprint density at radius 2 is 2.20 bits per heavy atom. The van der Waals surface area contributed by atoms with Gasteiger partial charge in [-0.25, -0.2) is 0 Å². The molecule has 0 saturated heterocycles. The first-order chi connectivity index (χ1) is 7.40. The van der Waals surface area contributed by atoms with Crippen LogP contribution in [0, 0.1) is 0 Å². The smallest absolute Gasteiger partial charge is 0.0278 e. The topological polar surface area (TPSA) is 24.9 Å². The van der Waals surface area contributed by atoms with Gasteiger partial charge >= 0.3 is 0 Å². The van der Waals surface area contributed by atoms with E-state index in [0.29, 0.717) is 6.04 Å². The third-order valence-electron chi connectivity index (χ3n) is 2.86. The van der Waals surface area contributed by atoms with Crippen LogP contribution in [0.3, 0.4) is 0 Å². The van der Waals surface area contributed by atoms with Gasteiger partial charge in [0.05, 0.1) is 0 Å². The van der Waals surface area contributed by atoms with Crippen molar-refractivity contribution in [3.63, 3.8) is 0 Å². The van der Waals surface area contributed by atoms with E-state index in [1.807, 2.05) is 24.2 Å². The molecule has 2 unspecified atom stereocenters. The lowest BCUT2D eigenvalue weighted by atomic mass is 10.2. The van der Waals surface area contributed by atoms with Gasteiger partial charge in [-0.2, -0.15) is 0 Å². The Hall–Kier alpha value is -0.540. The lowest BCUT2D eigenvalue weighted by molar-refractivity contribution is 0.551. The molecule has 1 aromatic heterocycles. The Labute approximate surface area is 95.9 Å². The molecule has 1 saturated carbocycles. The van der Waals surface area contributed by atoms with Crippen LogP contribution in [0.25, 0.3) is 0 Å². The fourth-order valence-electron chi connectivity index (χ4n) is 2.15. The summed E-state index contributed by atoms with van der Waals surface area (Å²) in [5, 5.41) is 4.32. The first kappa shape index (κ1) is 11.0. The van der Waals surface area contributed by atoms with Crippen molar-refractivity contribution in [1.29, 1.82) is 0 Å². The van der Waals surface area contributed by atoms with E-state index >= 15 is 0 Å². The lowest BCUT2D eigenvalue weighted by Gasteiger charge is -2.19.